The lowest BCUT2D eigenvalue weighted by atomic mass is 9.89. The number of ether oxygens (including phenoxy) is 2. The van der Waals surface area contributed by atoms with Gasteiger partial charge < -0.3 is 14.4 Å². The zero-order valence-electron chi connectivity index (χ0n) is 11.7. The lowest BCUT2D eigenvalue weighted by Gasteiger charge is -2.38. The SMILES string of the molecule is CO[C@@H]1CCCN1C1=CC(=O)O[C@H](C(C)C)[C@@H]1C. The second-order valence-corrected chi connectivity index (χ2v) is 5.53. The third kappa shape index (κ3) is 2.39. The van der Waals surface area contributed by atoms with E-state index in [4.69, 9.17) is 9.47 Å². The molecule has 2 aliphatic heterocycles. The minimum absolute atomic E-state index is 0.0318. The fourth-order valence-corrected chi connectivity index (χ4v) is 3.03. The second kappa shape index (κ2) is 5.31. The number of cyclic esters (lactones) is 1. The summed E-state index contributed by atoms with van der Waals surface area (Å²) in [5.74, 6) is 0.346. The van der Waals surface area contributed by atoms with Crippen LogP contribution in [0.2, 0.25) is 0 Å². The predicted octanol–water partition coefficient (Wildman–Crippen LogP) is 2.16. The topological polar surface area (TPSA) is 38.8 Å². The molecular weight excluding hydrogens is 230 g/mol. The smallest absolute Gasteiger partial charge is 0.332 e. The van der Waals surface area contributed by atoms with Gasteiger partial charge in [0.1, 0.15) is 12.3 Å². The fraction of sp³-hybridized carbons (Fsp3) is 0.786. The van der Waals surface area contributed by atoms with Crippen LogP contribution in [0.3, 0.4) is 0 Å². The first-order chi connectivity index (χ1) is 8.54. The molecule has 0 bridgehead atoms. The summed E-state index contributed by atoms with van der Waals surface area (Å²) in [4.78, 5) is 13.9. The molecule has 2 heterocycles. The van der Waals surface area contributed by atoms with Gasteiger partial charge in [0.2, 0.25) is 0 Å². The first-order valence-electron chi connectivity index (χ1n) is 6.76. The Hall–Kier alpha value is -1.03. The number of likely N-dealkylation sites (tertiary alicyclic amines) is 1. The van der Waals surface area contributed by atoms with Gasteiger partial charge in [-0.15, -0.1) is 0 Å². The Morgan fingerprint density at radius 3 is 2.83 bits per heavy atom. The van der Waals surface area contributed by atoms with Crippen molar-refractivity contribution >= 4 is 5.97 Å². The van der Waals surface area contributed by atoms with E-state index in [2.05, 4.69) is 25.7 Å². The van der Waals surface area contributed by atoms with Gasteiger partial charge in [0.25, 0.3) is 0 Å². The molecule has 0 N–H and O–H groups in total. The minimum Gasteiger partial charge on any atom is -0.458 e. The molecule has 2 aliphatic rings. The highest BCUT2D eigenvalue weighted by Gasteiger charge is 2.37. The average Bonchev–Trinajstić information content (AvgIpc) is 2.79. The van der Waals surface area contributed by atoms with E-state index in [1.54, 1.807) is 13.2 Å². The Balaban J connectivity index is 2.22. The summed E-state index contributed by atoms with van der Waals surface area (Å²) < 4.78 is 10.9. The first-order valence-corrected chi connectivity index (χ1v) is 6.76. The normalized spacial score (nSPS) is 32.7. The van der Waals surface area contributed by atoms with Gasteiger partial charge in [-0.1, -0.05) is 20.8 Å². The molecule has 0 aromatic carbocycles. The number of carbonyl (C=O) groups is 1. The molecule has 4 heteroatoms. The van der Waals surface area contributed by atoms with Crippen LogP contribution in [0.5, 0.6) is 0 Å². The Morgan fingerprint density at radius 2 is 2.22 bits per heavy atom. The number of rotatable bonds is 3. The Labute approximate surface area is 109 Å². The summed E-state index contributed by atoms with van der Waals surface area (Å²) in [6.45, 7) is 7.28. The van der Waals surface area contributed by atoms with Gasteiger partial charge in [0.15, 0.2) is 0 Å². The van der Waals surface area contributed by atoms with Crippen LogP contribution < -0.4 is 0 Å². The molecule has 0 unspecified atom stereocenters. The van der Waals surface area contributed by atoms with Gasteiger partial charge in [0.05, 0.1) is 0 Å². The molecule has 102 valence electrons. The standard InChI is InChI=1S/C14H23NO3/c1-9(2)14-10(3)11(8-13(16)18-14)15-7-5-6-12(15)17-4/h8-10,12,14H,5-7H2,1-4H3/t10-,12-,14-/m1/s1. The molecule has 0 aliphatic carbocycles. The van der Waals surface area contributed by atoms with Crippen molar-refractivity contribution in [2.24, 2.45) is 11.8 Å². The quantitative estimate of drug-likeness (QED) is 0.722. The molecule has 4 nitrogen and oxygen atoms in total. The lowest BCUT2D eigenvalue weighted by molar-refractivity contribution is -0.151. The van der Waals surface area contributed by atoms with Crippen molar-refractivity contribution in [1.82, 2.24) is 4.90 Å². The number of methoxy groups -OCH3 is 1. The van der Waals surface area contributed by atoms with Gasteiger partial charge in [0, 0.05) is 31.3 Å². The van der Waals surface area contributed by atoms with Crippen LogP contribution in [0.25, 0.3) is 0 Å². The number of hydrogen-bond acceptors (Lipinski definition) is 4. The number of hydrogen-bond donors (Lipinski definition) is 0. The van der Waals surface area contributed by atoms with Crippen molar-refractivity contribution in [2.45, 2.75) is 45.9 Å². The lowest BCUT2D eigenvalue weighted by Crippen LogP contribution is -2.42. The summed E-state index contributed by atoms with van der Waals surface area (Å²) in [5, 5.41) is 0. The van der Waals surface area contributed by atoms with Crippen molar-refractivity contribution < 1.29 is 14.3 Å². The summed E-state index contributed by atoms with van der Waals surface area (Å²) in [6, 6.07) is 0. The van der Waals surface area contributed by atoms with Gasteiger partial charge in [-0.25, -0.2) is 4.79 Å². The van der Waals surface area contributed by atoms with E-state index in [0.29, 0.717) is 5.92 Å². The zero-order chi connectivity index (χ0) is 13.3. The molecule has 1 saturated heterocycles. The molecule has 2 rings (SSSR count). The van der Waals surface area contributed by atoms with E-state index in [0.717, 1.165) is 25.1 Å². The highest BCUT2D eigenvalue weighted by Crippen LogP contribution is 2.34. The number of esters is 1. The molecule has 0 spiro atoms. The van der Waals surface area contributed by atoms with Crippen LogP contribution in [0, 0.1) is 11.8 Å². The highest BCUT2D eigenvalue weighted by atomic mass is 16.5. The van der Waals surface area contributed by atoms with Crippen molar-refractivity contribution in [3.05, 3.63) is 11.8 Å². The fourth-order valence-electron chi connectivity index (χ4n) is 3.03. The third-order valence-corrected chi connectivity index (χ3v) is 3.94. The van der Waals surface area contributed by atoms with Crippen molar-refractivity contribution in [1.29, 1.82) is 0 Å². The maximum absolute atomic E-state index is 11.7. The molecule has 0 amide bonds. The largest absolute Gasteiger partial charge is 0.458 e. The van der Waals surface area contributed by atoms with Crippen molar-refractivity contribution in [2.75, 3.05) is 13.7 Å². The molecule has 0 saturated carbocycles. The van der Waals surface area contributed by atoms with E-state index in [-0.39, 0.29) is 24.2 Å². The van der Waals surface area contributed by atoms with E-state index in [1.165, 1.54) is 0 Å². The van der Waals surface area contributed by atoms with Crippen molar-refractivity contribution in [3.63, 3.8) is 0 Å². The van der Waals surface area contributed by atoms with Crippen LogP contribution in [-0.4, -0.2) is 36.9 Å². The first kappa shape index (κ1) is 13.4. The maximum atomic E-state index is 11.7. The highest BCUT2D eigenvalue weighted by molar-refractivity contribution is 5.84. The molecular formula is C14H23NO3. The summed E-state index contributed by atoms with van der Waals surface area (Å²) in [5.41, 5.74) is 1.08. The van der Waals surface area contributed by atoms with E-state index < -0.39 is 0 Å². The van der Waals surface area contributed by atoms with Crippen LogP contribution in [0.1, 0.15) is 33.6 Å². The Kier molecular flexibility index (Phi) is 3.95. The van der Waals surface area contributed by atoms with E-state index in [9.17, 15) is 4.79 Å². The molecule has 0 aromatic rings. The van der Waals surface area contributed by atoms with Gasteiger partial charge in [-0.3, -0.25) is 0 Å². The van der Waals surface area contributed by atoms with Gasteiger partial charge in [-0.2, -0.15) is 0 Å². The Morgan fingerprint density at radius 1 is 1.50 bits per heavy atom. The number of carbonyl (C=O) groups excluding carboxylic acids is 1. The van der Waals surface area contributed by atoms with Gasteiger partial charge in [-0.05, 0) is 18.8 Å². The predicted molar refractivity (Wildman–Crippen MR) is 68.7 cm³/mol. The van der Waals surface area contributed by atoms with Gasteiger partial charge >= 0.3 is 5.97 Å². The average molecular weight is 253 g/mol. The summed E-state index contributed by atoms with van der Waals surface area (Å²) >= 11 is 0. The number of nitrogens with zero attached hydrogens (tertiary/aromatic N) is 1. The van der Waals surface area contributed by atoms with Crippen LogP contribution in [0.15, 0.2) is 11.8 Å². The Bertz CT molecular complexity index is 351. The third-order valence-electron chi connectivity index (χ3n) is 3.94. The van der Waals surface area contributed by atoms with Crippen LogP contribution in [-0.2, 0) is 14.3 Å². The zero-order valence-corrected chi connectivity index (χ0v) is 11.7. The maximum Gasteiger partial charge on any atom is 0.332 e. The molecule has 18 heavy (non-hydrogen) atoms. The van der Waals surface area contributed by atoms with E-state index >= 15 is 0 Å². The summed E-state index contributed by atoms with van der Waals surface area (Å²) in [7, 11) is 1.73. The minimum atomic E-state index is -0.219. The second-order valence-electron chi connectivity index (χ2n) is 5.53. The van der Waals surface area contributed by atoms with Crippen molar-refractivity contribution in [3.8, 4) is 0 Å². The van der Waals surface area contributed by atoms with E-state index in [1.807, 2.05) is 0 Å². The molecule has 1 fully saturated rings. The monoisotopic (exact) mass is 253 g/mol. The summed E-state index contributed by atoms with van der Waals surface area (Å²) in [6.07, 6.45) is 3.86. The molecule has 0 aromatic heterocycles. The van der Waals surface area contributed by atoms with Crippen LogP contribution in [0.4, 0.5) is 0 Å². The molecule has 0 radical (unpaired) electrons. The molecule has 3 atom stereocenters. The van der Waals surface area contributed by atoms with Crippen LogP contribution >= 0.6 is 0 Å².